The zero-order valence-electron chi connectivity index (χ0n) is 15.9. The van der Waals surface area contributed by atoms with Crippen LogP contribution >= 0.6 is 34.8 Å². The van der Waals surface area contributed by atoms with E-state index in [1.807, 2.05) is 18.2 Å². The van der Waals surface area contributed by atoms with Crippen molar-refractivity contribution in [1.82, 2.24) is 5.32 Å². The molecular formula is C22H18IN3O3S. The molecule has 0 aliphatic rings. The van der Waals surface area contributed by atoms with Crippen molar-refractivity contribution < 1.29 is 14.3 Å². The zero-order valence-corrected chi connectivity index (χ0v) is 18.9. The number of carbonyl (C=O) groups is 2. The summed E-state index contributed by atoms with van der Waals surface area (Å²) in [6.07, 6.45) is 0. The molecule has 0 heterocycles. The molecule has 3 aromatic carbocycles. The molecule has 0 saturated carbocycles. The maximum absolute atomic E-state index is 12.7. The zero-order chi connectivity index (χ0) is 21.5. The first-order chi connectivity index (χ1) is 14.5. The smallest absolute Gasteiger partial charge is 0.257 e. The molecule has 0 atom stereocenters. The Morgan fingerprint density at radius 3 is 2.30 bits per heavy atom. The summed E-state index contributed by atoms with van der Waals surface area (Å²) in [6, 6.07) is 21.2. The highest BCUT2D eigenvalue weighted by Gasteiger charge is 2.14. The van der Waals surface area contributed by atoms with E-state index in [1.165, 1.54) is 0 Å². The molecule has 0 unspecified atom stereocenters. The lowest BCUT2D eigenvalue weighted by Gasteiger charge is -2.14. The topological polar surface area (TPSA) is 79.5 Å². The highest BCUT2D eigenvalue weighted by molar-refractivity contribution is 14.1. The predicted molar refractivity (Wildman–Crippen MR) is 130 cm³/mol. The number of amides is 2. The van der Waals surface area contributed by atoms with Crippen molar-refractivity contribution in [3.05, 3.63) is 87.5 Å². The monoisotopic (exact) mass is 531 g/mol. The average Bonchev–Trinajstić information content (AvgIpc) is 2.74. The molecule has 0 aromatic heterocycles. The number of halogens is 1. The van der Waals surface area contributed by atoms with Crippen LogP contribution < -0.4 is 20.7 Å². The lowest BCUT2D eigenvalue weighted by atomic mass is 10.1. The summed E-state index contributed by atoms with van der Waals surface area (Å²) in [5, 5.41) is 8.48. The van der Waals surface area contributed by atoms with E-state index in [-0.39, 0.29) is 16.9 Å². The van der Waals surface area contributed by atoms with Crippen molar-refractivity contribution in [1.29, 1.82) is 0 Å². The largest absolute Gasteiger partial charge is 0.496 e. The molecule has 8 heteroatoms. The van der Waals surface area contributed by atoms with Crippen LogP contribution in [0.4, 0.5) is 11.4 Å². The number of benzene rings is 3. The summed E-state index contributed by atoms with van der Waals surface area (Å²) in [4.78, 5) is 25.2. The minimum absolute atomic E-state index is 0.0887. The van der Waals surface area contributed by atoms with Crippen molar-refractivity contribution in [2.24, 2.45) is 0 Å². The van der Waals surface area contributed by atoms with Gasteiger partial charge in [-0.15, -0.1) is 0 Å². The van der Waals surface area contributed by atoms with Gasteiger partial charge in [-0.2, -0.15) is 0 Å². The molecule has 152 valence electrons. The number of nitrogens with one attached hydrogen (secondary N) is 3. The second-order valence-electron chi connectivity index (χ2n) is 6.12. The van der Waals surface area contributed by atoms with Gasteiger partial charge in [-0.25, -0.2) is 0 Å². The number of methoxy groups -OCH3 is 1. The van der Waals surface area contributed by atoms with Crippen LogP contribution in [0.1, 0.15) is 20.7 Å². The highest BCUT2D eigenvalue weighted by Crippen LogP contribution is 2.22. The summed E-state index contributed by atoms with van der Waals surface area (Å²) in [5.74, 6) is 0.0358. The third-order valence-corrected chi connectivity index (χ3v) is 5.14. The summed E-state index contributed by atoms with van der Waals surface area (Å²) in [6.45, 7) is 0. The fourth-order valence-electron chi connectivity index (χ4n) is 2.65. The molecule has 3 aromatic rings. The molecule has 0 aliphatic carbocycles. The molecule has 0 bridgehead atoms. The second kappa shape index (κ2) is 10.2. The lowest BCUT2D eigenvalue weighted by molar-refractivity contribution is 0.0976. The fraction of sp³-hybridized carbons (Fsp3) is 0.0455. The van der Waals surface area contributed by atoms with E-state index in [0.29, 0.717) is 28.3 Å². The summed E-state index contributed by atoms with van der Waals surface area (Å²) in [7, 11) is 1.57. The van der Waals surface area contributed by atoms with E-state index in [0.717, 1.165) is 3.57 Å². The molecule has 0 saturated heterocycles. The van der Waals surface area contributed by atoms with E-state index in [4.69, 9.17) is 17.0 Å². The normalized spacial score (nSPS) is 10.1. The van der Waals surface area contributed by atoms with Gasteiger partial charge in [-0.05, 0) is 77.3 Å². The molecule has 3 rings (SSSR count). The van der Waals surface area contributed by atoms with E-state index in [1.54, 1.807) is 61.7 Å². The number of thiocarbonyl (C=S) groups is 1. The number of carbonyl (C=O) groups excluding carboxylic acids is 2. The van der Waals surface area contributed by atoms with Crippen LogP contribution in [0.3, 0.4) is 0 Å². The predicted octanol–water partition coefficient (Wildman–Crippen LogP) is 4.68. The second-order valence-corrected chi connectivity index (χ2v) is 7.69. The maximum Gasteiger partial charge on any atom is 0.257 e. The molecule has 0 radical (unpaired) electrons. The van der Waals surface area contributed by atoms with Crippen molar-refractivity contribution in [3.8, 4) is 5.75 Å². The van der Waals surface area contributed by atoms with Crippen molar-refractivity contribution in [3.63, 3.8) is 0 Å². The minimum atomic E-state index is -0.362. The summed E-state index contributed by atoms with van der Waals surface area (Å²) in [5.41, 5.74) is 2.01. The number of rotatable bonds is 5. The standard InChI is InChI=1S/C22H18IN3O3S/c1-29-19-12-11-14(13-17(19)23)20(27)26-22(30)25-18-10-6-5-9-16(18)21(28)24-15-7-3-2-4-8-15/h2-13H,1H3,(H,24,28)(H2,25,26,27,30). The summed E-state index contributed by atoms with van der Waals surface area (Å²) >= 11 is 7.36. The molecule has 0 spiro atoms. The average molecular weight is 531 g/mol. The highest BCUT2D eigenvalue weighted by atomic mass is 127. The number of ether oxygens (including phenoxy) is 1. The Balaban J connectivity index is 1.69. The maximum atomic E-state index is 12.7. The van der Waals surface area contributed by atoms with E-state index >= 15 is 0 Å². The Morgan fingerprint density at radius 1 is 0.900 bits per heavy atom. The first kappa shape index (κ1) is 21.7. The first-order valence-electron chi connectivity index (χ1n) is 8.89. The first-order valence-corrected chi connectivity index (χ1v) is 10.4. The number of para-hydroxylation sites is 2. The molecule has 6 nitrogen and oxygen atoms in total. The Morgan fingerprint density at radius 2 is 1.60 bits per heavy atom. The van der Waals surface area contributed by atoms with Crippen LogP contribution in [0.25, 0.3) is 0 Å². The van der Waals surface area contributed by atoms with Gasteiger partial charge < -0.3 is 15.4 Å². The van der Waals surface area contributed by atoms with E-state index < -0.39 is 0 Å². The SMILES string of the molecule is COc1ccc(C(=O)NC(=S)Nc2ccccc2C(=O)Nc2ccccc2)cc1I. The molecule has 3 N–H and O–H groups in total. The summed E-state index contributed by atoms with van der Waals surface area (Å²) < 4.78 is 6.01. The lowest BCUT2D eigenvalue weighted by Crippen LogP contribution is -2.34. The van der Waals surface area contributed by atoms with E-state index in [2.05, 4.69) is 38.5 Å². The number of hydrogen-bond acceptors (Lipinski definition) is 4. The van der Waals surface area contributed by atoms with Gasteiger partial charge in [0.15, 0.2) is 5.11 Å². The minimum Gasteiger partial charge on any atom is -0.496 e. The van der Waals surface area contributed by atoms with Crippen molar-refractivity contribution in [2.45, 2.75) is 0 Å². The molecule has 0 fully saturated rings. The Bertz CT molecular complexity index is 1090. The molecular weight excluding hydrogens is 513 g/mol. The van der Waals surface area contributed by atoms with Gasteiger partial charge in [-0.1, -0.05) is 30.3 Å². The Labute approximate surface area is 193 Å². The van der Waals surface area contributed by atoms with Gasteiger partial charge in [0.05, 0.1) is 21.9 Å². The van der Waals surface area contributed by atoms with Crippen LogP contribution in [0.5, 0.6) is 5.75 Å². The van der Waals surface area contributed by atoms with Gasteiger partial charge in [0, 0.05) is 11.3 Å². The van der Waals surface area contributed by atoms with Gasteiger partial charge >= 0.3 is 0 Å². The quantitative estimate of drug-likeness (QED) is 0.329. The van der Waals surface area contributed by atoms with Crippen LogP contribution in [0.2, 0.25) is 0 Å². The third kappa shape index (κ3) is 5.55. The number of anilines is 2. The Hall–Kier alpha value is -2.98. The number of hydrogen-bond donors (Lipinski definition) is 3. The fourth-order valence-corrected chi connectivity index (χ4v) is 3.58. The van der Waals surface area contributed by atoms with E-state index in [9.17, 15) is 9.59 Å². The molecule has 2 amide bonds. The van der Waals surface area contributed by atoms with Gasteiger partial charge in [-0.3, -0.25) is 14.9 Å². The van der Waals surface area contributed by atoms with Crippen LogP contribution in [0.15, 0.2) is 72.8 Å². The molecule has 0 aliphatic heterocycles. The van der Waals surface area contributed by atoms with Gasteiger partial charge in [0.2, 0.25) is 0 Å². The van der Waals surface area contributed by atoms with Crippen LogP contribution in [-0.4, -0.2) is 24.0 Å². The van der Waals surface area contributed by atoms with Crippen LogP contribution in [-0.2, 0) is 0 Å². The van der Waals surface area contributed by atoms with Crippen molar-refractivity contribution in [2.75, 3.05) is 17.7 Å². The van der Waals surface area contributed by atoms with Crippen LogP contribution in [0, 0.1) is 3.57 Å². The third-order valence-electron chi connectivity index (χ3n) is 4.09. The van der Waals surface area contributed by atoms with Gasteiger partial charge in [0.1, 0.15) is 5.75 Å². The van der Waals surface area contributed by atoms with Crippen molar-refractivity contribution >= 4 is 63.1 Å². The Kier molecular flexibility index (Phi) is 7.36. The van der Waals surface area contributed by atoms with Gasteiger partial charge in [0.25, 0.3) is 11.8 Å². The molecule has 30 heavy (non-hydrogen) atoms.